The Bertz CT molecular complexity index is 982. The van der Waals surface area contributed by atoms with Crippen molar-refractivity contribution in [3.63, 3.8) is 0 Å². The molecule has 8 heteroatoms. The number of esters is 1. The molecule has 0 amide bonds. The quantitative estimate of drug-likeness (QED) is 0.533. The minimum atomic E-state index is -4.54. The number of halogens is 4. The monoisotopic (exact) mass is 395 g/mol. The molecule has 3 rings (SSSR count). The summed E-state index contributed by atoms with van der Waals surface area (Å²) in [6, 6.07) is 11.6. The second-order valence-electron chi connectivity index (χ2n) is 5.67. The van der Waals surface area contributed by atoms with Crippen LogP contribution in [0.1, 0.15) is 27.2 Å². The highest BCUT2D eigenvalue weighted by molar-refractivity contribution is 6.33. The number of aryl methyl sites for hydroxylation is 1. The van der Waals surface area contributed by atoms with Crippen LogP contribution >= 0.6 is 11.6 Å². The molecule has 0 saturated carbocycles. The number of carbonyl (C=O) groups excluding carboxylic acids is 1. The molecule has 2 aromatic carbocycles. The van der Waals surface area contributed by atoms with Gasteiger partial charge in [0, 0.05) is 11.1 Å². The van der Waals surface area contributed by atoms with Gasteiger partial charge in [-0.05, 0) is 19.1 Å². The van der Waals surface area contributed by atoms with Crippen molar-refractivity contribution in [2.24, 2.45) is 0 Å². The van der Waals surface area contributed by atoms with Gasteiger partial charge in [0.15, 0.2) is 0 Å². The fraction of sp³-hybridized carbons (Fsp3) is 0.158. The summed E-state index contributed by atoms with van der Waals surface area (Å²) in [6.07, 6.45) is -4.54. The van der Waals surface area contributed by atoms with Gasteiger partial charge in [0.1, 0.15) is 23.6 Å². The lowest BCUT2D eigenvalue weighted by Crippen LogP contribution is -2.12. The maximum atomic E-state index is 13.1. The van der Waals surface area contributed by atoms with Crippen LogP contribution in [0.15, 0.2) is 53.1 Å². The van der Waals surface area contributed by atoms with Gasteiger partial charge in [-0.2, -0.15) is 13.2 Å². The highest BCUT2D eigenvalue weighted by Crippen LogP contribution is 2.33. The second kappa shape index (κ2) is 7.44. The molecule has 0 aliphatic carbocycles. The minimum absolute atomic E-state index is 0.0209. The third kappa shape index (κ3) is 3.98. The number of benzene rings is 2. The van der Waals surface area contributed by atoms with Crippen molar-refractivity contribution in [2.45, 2.75) is 19.7 Å². The summed E-state index contributed by atoms with van der Waals surface area (Å²) < 4.78 is 49.4. The van der Waals surface area contributed by atoms with Crippen molar-refractivity contribution in [1.82, 2.24) is 5.16 Å². The summed E-state index contributed by atoms with van der Waals surface area (Å²) >= 11 is 6.13. The molecule has 27 heavy (non-hydrogen) atoms. The van der Waals surface area contributed by atoms with Gasteiger partial charge < -0.3 is 9.26 Å². The van der Waals surface area contributed by atoms with E-state index >= 15 is 0 Å². The molecular weight excluding hydrogens is 383 g/mol. The van der Waals surface area contributed by atoms with Gasteiger partial charge in [0.2, 0.25) is 0 Å². The summed E-state index contributed by atoms with van der Waals surface area (Å²) in [5, 5.41) is 4.19. The number of hydrogen-bond acceptors (Lipinski definition) is 4. The van der Waals surface area contributed by atoms with Gasteiger partial charge in [-0.15, -0.1) is 0 Å². The van der Waals surface area contributed by atoms with E-state index in [9.17, 15) is 18.0 Å². The molecule has 0 spiro atoms. The molecular formula is C19H13ClF3NO3. The van der Waals surface area contributed by atoms with Gasteiger partial charge in [-0.25, -0.2) is 4.79 Å². The SMILES string of the molecule is Cc1onc(-c2ccccc2Cl)c1C(=O)OCc1ccccc1C(F)(F)F. The van der Waals surface area contributed by atoms with E-state index in [1.54, 1.807) is 24.3 Å². The lowest BCUT2D eigenvalue weighted by atomic mass is 10.1. The molecule has 0 unspecified atom stereocenters. The van der Waals surface area contributed by atoms with Crippen molar-refractivity contribution in [3.8, 4) is 11.3 Å². The number of rotatable bonds is 4. The van der Waals surface area contributed by atoms with Crippen molar-refractivity contribution in [3.05, 3.63) is 76.0 Å². The van der Waals surface area contributed by atoms with Crippen LogP contribution in [0.25, 0.3) is 11.3 Å². The zero-order valence-corrected chi connectivity index (χ0v) is 14.8. The van der Waals surface area contributed by atoms with E-state index in [4.69, 9.17) is 20.9 Å². The molecule has 4 nitrogen and oxygen atoms in total. The van der Waals surface area contributed by atoms with Crippen LogP contribution in [0.4, 0.5) is 13.2 Å². The summed E-state index contributed by atoms with van der Waals surface area (Å²) in [5.74, 6) is -0.667. The molecule has 0 radical (unpaired) electrons. The molecule has 0 atom stereocenters. The first-order chi connectivity index (χ1) is 12.8. The van der Waals surface area contributed by atoms with E-state index < -0.39 is 24.3 Å². The number of alkyl halides is 3. The summed E-state index contributed by atoms with van der Waals surface area (Å²) in [7, 11) is 0. The normalized spacial score (nSPS) is 11.4. The topological polar surface area (TPSA) is 52.3 Å². The van der Waals surface area contributed by atoms with Crippen LogP contribution in [0, 0.1) is 6.92 Å². The van der Waals surface area contributed by atoms with Gasteiger partial charge in [0.25, 0.3) is 0 Å². The molecule has 3 aromatic rings. The van der Waals surface area contributed by atoms with E-state index in [-0.39, 0.29) is 22.6 Å². The largest absolute Gasteiger partial charge is 0.457 e. The van der Waals surface area contributed by atoms with Crippen molar-refractivity contribution >= 4 is 17.6 Å². The Hall–Kier alpha value is -2.80. The van der Waals surface area contributed by atoms with Crippen LogP contribution in [0.5, 0.6) is 0 Å². The Morgan fingerprint density at radius 2 is 1.81 bits per heavy atom. The number of nitrogens with zero attached hydrogens (tertiary/aromatic N) is 1. The Kier molecular flexibility index (Phi) is 5.23. The Morgan fingerprint density at radius 1 is 1.15 bits per heavy atom. The average molecular weight is 396 g/mol. The lowest BCUT2D eigenvalue weighted by Gasteiger charge is -2.13. The van der Waals surface area contributed by atoms with Crippen molar-refractivity contribution < 1.29 is 27.2 Å². The lowest BCUT2D eigenvalue weighted by molar-refractivity contribution is -0.138. The molecule has 0 aliphatic heterocycles. The Balaban J connectivity index is 1.87. The highest BCUT2D eigenvalue weighted by atomic mass is 35.5. The fourth-order valence-electron chi connectivity index (χ4n) is 2.59. The summed E-state index contributed by atoms with van der Waals surface area (Å²) in [4.78, 5) is 12.5. The van der Waals surface area contributed by atoms with Gasteiger partial charge in [0.05, 0.1) is 10.6 Å². The third-order valence-electron chi connectivity index (χ3n) is 3.88. The number of carbonyl (C=O) groups is 1. The first-order valence-electron chi connectivity index (χ1n) is 7.82. The smallest absolute Gasteiger partial charge is 0.416 e. The molecule has 0 fully saturated rings. The van der Waals surface area contributed by atoms with Crippen molar-refractivity contribution in [1.29, 1.82) is 0 Å². The van der Waals surface area contributed by atoms with Gasteiger partial charge in [-0.1, -0.05) is 53.2 Å². The van der Waals surface area contributed by atoms with E-state index in [1.165, 1.54) is 25.1 Å². The average Bonchev–Trinajstić information content (AvgIpc) is 3.01. The Labute approximate surface area is 157 Å². The predicted molar refractivity (Wildman–Crippen MR) is 92.2 cm³/mol. The minimum Gasteiger partial charge on any atom is -0.457 e. The standard InChI is InChI=1S/C19H13ClF3NO3/c1-11-16(17(24-27-11)13-7-3-5-9-15(13)20)18(25)26-10-12-6-2-4-8-14(12)19(21,22)23/h2-9H,10H2,1H3. The van der Waals surface area contributed by atoms with Crippen LogP contribution in [0.2, 0.25) is 5.02 Å². The van der Waals surface area contributed by atoms with Crippen LogP contribution in [0.3, 0.4) is 0 Å². The fourth-order valence-corrected chi connectivity index (χ4v) is 2.81. The molecule has 0 N–H and O–H groups in total. The third-order valence-corrected chi connectivity index (χ3v) is 4.21. The van der Waals surface area contributed by atoms with Crippen LogP contribution < -0.4 is 0 Å². The van der Waals surface area contributed by atoms with E-state index in [0.29, 0.717) is 10.6 Å². The number of hydrogen-bond donors (Lipinski definition) is 0. The van der Waals surface area contributed by atoms with Crippen LogP contribution in [-0.4, -0.2) is 11.1 Å². The highest BCUT2D eigenvalue weighted by Gasteiger charge is 2.33. The molecule has 0 aliphatic rings. The Morgan fingerprint density at radius 3 is 2.52 bits per heavy atom. The molecule has 140 valence electrons. The first-order valence-corrected chi connectivity index (χ1v) is 8.20. The number of aromatic nitrogens is 1. The molecule has 0 saturated heterocycles. The zero-order chi connectivity index (χ0) is 19.6. The van der Waals surface area contributed by atoms with Crippen LogP contribution in [-0.2, 0) is 17.5 Å². The van der Waals surface area contributed by atoms with Gasteiger partial charge >= 0.3 is 12.1 Å². The predicted octanol–water partition coefficient (Wildman–Crippen LogP) is 5.68. The summed E-state index contributed by atoms with van der Waals surface area (Å²) in [5.41, 5.74) is -0.351. The first kappa shape index (κ1) is 19.0. The van der Waals surface area contributed by atoms with Gasteiger partial charge in [-0.3, -0.25) is 0 Å². The summed E-state index contributed by atoms with van der Waals surface area (Å²) in [6.45, 7) is 0.967. The molecule has 0 bridgehead atoms. The van der Waals surface area contributed by atoms with E-state index in [2.05, 4.69) is 5.16 Å². The van der Waals surface area contributed by atoms with E-state index in [0.717, 1.165) is 6.07 Å². The maximum Gasteiger partial charge on any atom is 0.416 e. The van der Waals surface area contributed by atoms with Crippen molar-refractivity contribution in [2.75, 3.05) is 0 Å². The maximum absolute atomic E-state index is 13.1. The second-order valence-corrected chi connectivity index (χ2v) is 6.08. The zero-order valence-electron chi connectivity index (χ0n) is 14.0. The van der Waals surface area contributed by atoms with E-state index in [1.807, 2.05) is 0 Å². The number of ether oxygens (including phenoxy) is 1. The molecule has 1 heterocycles. The molecule has 1 aromatic heterocycles.